The number of carbonyl (C=O) groups is 1. The minimum atomic E-state index is 0.244. The van der Waals surface area contributed by atoms with Crippen LogP contribution >= 0.6 is 0 Å². The van der Waals surface area contributed by atoms with E-state index >= 15 is 0 Å². The molecule has 1 aliphatic rings. The number of nitrogens with zero attached hydrogens (tertiary/aromatic N) is 2. The molecule has 0 aromatic heterocycles. The van der Waals surface area contributed by atoms with Gasteiger partial charge in [0.2, 0.25) is 5.91 Å². The van der Waals surface area contributed by atoms with Gasteiger partial charge in [-0.1, -0.05) is 13.8 Å². The molecule has 1 aliphatic heterocycles. The van der Waals surface area contributed by atoms with Gasteiger partial charge in [-0.25, -0.2) is 0 Å². The molecule has 106 valence electrons. The van der Waals surface area contributed by atoms with E-state index < -0.39 is 0 Å². The maximum Gasteiger partial charge on any atom is 0.223 e. The number of piperidine rings is 1. The first-order chi connectivity index (χ1) is 8.44. The van der Waals surface area contributed by atoms with E-state index in [1.54, 1.807) is 4.90 Å². The van der Waals surface area contributed by atoms with Gasteiger partial charge in [0.1, 0.15) is 0 Å². The Kier molecular flexibility index (Phi) is 6.09. The van der Waals surface area contributed by atoms with E-state index in [1.807, 2.05) is 7.05 Å². The minimum Gasteiger partial charge on any atom is -0.346 e. The van der Waals surface area contributed by atoms with Gasteiger partial charge in [-0.2, -0.15) is 0 Å². The Bertz CT molecular complexity index is 256. The third-order valence-corrected chi connectivity index (χ3v) is 3.97. The van der Waals surface area contributed by atoms with Gasteiger partial charge < -0.3 is 15.5 Å². The second-order valence-electron chi connectivity index (χ2n) is 6.21. The largest absolute Gasteiger partial charge is 0.346 e. The van der Waals surface area contributed by atoms with E-state index in [-0.39, 0.29) is 5.91 Å². The van der Waals surface area contributed by atoms with E-state index in [2.05, 4.69) is 18.7 Å². The molecule has 1 amide bonds. The highest BCUT2D eigenvalue weighted by molar-refractivity contribution is 5.76. The van der Waals surface area contributed by atoms with Crippen molar-refractivity contribution in [3.63, 3.8) is 0 Å². The molecule has 0 aromatic rings. The average molecular weight is 255 g/mol. The van der Waals surface area contributed by atoms with Gasteiger partial charge >= 0.3 is 0 Å². The number of hydrogen-bond donors (Lipinski definition) is 1. The van der Waals surface area contributed by atoms with Crippen LogP contribution in [0.2, 0.25) is 0 Å². The lowest BCUT2D eigenvalue weighted by molar-refractivity contribution is -0.130. The van der Waals surface area contributed by atoms with Crippen LogP contribution in [0.3, 0.4) is 0 Å². The molecule has 1 saturated heterocycles. The van der Waals surface area contributed by atoms with Crippen LogP contribution in [-0.4, -0.2) is 55.5 Å². The van der Waals surface area contributed by atoms with Crippen LogP contribution in [-0.2, 0) is 4.79 Å². The van der Waals surface area contributed by atoms with Crippen molar-refractivity contribution in [2.75, 3.05) is 39.8 Å². The highest BCUT2D eigenvalue weighted by Crippen LogP contribution is 2.29. The van der Waals surface area contributed by atoms with Crippen LogP contribution in [0.1, 0.15) is 39.5 Å². The summed E-state index contributed by atoms with van der Waals surface area (Å²) >= 11 is 0. The summed E-state index contributed by atoms with van der Waals surface area (Å²) in [6.45, 7) is 9.26. The Morgan fingerprint density at radius 3 is 2.50 bits per heavy atom. The summed E-state index contributed by atoms with van der Waals surface area (Å²) in [5, 5.41) is 0. The Labute approximate surface area is 111 Å². The lowest BCUT2D eigenvalue weighted by Crippen LogP contribution is -2.39. The van der Waals surface area contributed by atoms with Gasteiger partial charge in [-0.3, -0.25) is 4.79 Å². The van der Waals surface area contributed by atoms with Crippen molar-refractivity contribution >= 4 is 5.91 Å². The van der Waals surface area contributed by atoms with Crippen LogP contribution in [0.15, 0.2) is 0 Å². The first-order valence-electron chi connectivity index (χ1n) is 7.11. The van der Waals surface area contributed by atoms with Crippen molar-refractivity contribution in [2.45, 2.75) is 39.5 Å². The molecule has 2 N–H and O–H groups in total. The SMILES string of the molecule is CN(CCCN)C(=O)CCN1CCC(C)(C)CC1. The van der Waals surface area contributed by atoms with E-state index in [0.717, 1.165) is 32.6 Å². The zero-order valence-electron chi connectivity index (χ0n) is 12.2. The summed E-state index contributed by atoms with van der Waals surface area (Å²) in [6, 6.07) is 0. The fourth-order valence-corrected chi connectivity index (χ4v) is 2.28. The van der Waals surface area contributed by atoms with Crippen LogP contribution in [0.4, 0.5) is 0 Å². The Morgan fingerprint density at radius 1 is 1.33 bits per heavy atom. The molecule has 4 heteroatoms. The first kappa shape index (κ1) is 15.4. The van der Waals surface area contributed by atoms with Gasteiger partial charge in [-0.05, 0) is 44.3 Å². The number of carbonyl (C=O) groups excluding carboxylic acids is 1. The summed E-state index contributed by atoms with van der Waals surface area (Å²) in [5.41, 5.74) is 5.93. The molecule has 1 heterocycles. The predicted octanol–water partition coefficient (Wildman–Crippen LogP) is 1.31. The van der Waals surface area contributed by atoms with Gasteiger partial charge in [-0.15, -0.1) is 0 Å². The summed E-state index contributed by atoms with van der Waals surface area (Å²) in [7, 11) is 1.87. The Morgan fingerprint density at radius 2 is 1.94 bits per heavy atom. The summed E-state index contributed by atoms with van der Waals surface area (Å²) in [4.78, 5) is 16.1. The third-order valence-electron chi connectivity index (χ3n) is 3.97. The predicted molar refractivity (Wildman–Crippen MR) is 75.4 cm³/mol. The number of amides is 1. The molecule has 0 saturated carbocycles. The van der Waals surface area contributed by atoms with Gasteiger partial charge in [0, 0.05) is 26.6 Å². The summed E-state index contributed by atoms with van der Waals surface area (Å²) in [5.74, 6) is 0.244. The molecule has 0 bridgehead atoms. The number of nitrogens with two attached hydrogens (primary N) is 1. The van der Waals surface area contributed by atoms with Gasteiger partial charge in [0.15, 0.2) is 0 Å². The molecule has 18 heavy (non-hydrogen) atoms. The molecule has 0 spiro atoms. The van der Waals surface area contributed by atoms with Crippen molar-refractivity contribution in [3.05, 3.63) is 0 Å². The number of rotatable bonds is 6. The maximum atomic E-state index is 11.9. The number of hydrogen-bond acceptors (Lipinski definition) is 3. The minimum absolute atomic E-state index is 0.244. The highest BCUT2D eigenvalue weighted by Gasteiger charge is 2.25. The van der Waals surface area contributed by atoms with E-state index in [1.165, 1.54) is 12.8 Å². The van der Waals surface area contributed by atoms with Crippen molar-refractivity contribution in [3.8, 4) is 0 Å². The maximum absolute atomic E-state index is 11.9. The standard InChI is InChI=1S/C14H29N3O/c1-14(2)6-11-17(12-7-14)10-5-13(18)16(3)9-4-8-15/h4-12,15H2,1-3H3. The van der Waals surface area contributed by atoms with Crippen LogP contribution in [0.25, 0.3) is 0 Å². The molecule has 1 rings (SSSR count). The fraction of sp³-hybridized carbons (Fsp3) is 0.929. The molecule has 0 atom stereocenters. The molecule has 0 unspecified atom stereocenters. The van der Waals surface area contributed by atoms with Crippen LogP contribution in [0, 0.1) is 5.41 Å². The van der Waals surface area contributed by atoms with Crippen molar-refractivity contribution in [1.82, 2.24) is 9.80 Å². The molecule has 1 fully saturated rings. The molecule has 0 radical (unpaired) electrons. The lowest BCUT2D eigenvalue weighted by Gasteiger charge is -2.37. The van der Waals surface area contributed by atoms with Crippen molar-refractivity contribution in [2.24, 2.45) is 11.1 Å². The van der Waals surface area contributed by atoms with Crippen LogP contribution in [0.5, 0.6) is 0 Å². The first-order valence-corrected chi connectivity index (χ1v) is 7.11. The normalized spacial score (nSPS) is 19.8. The quantitative estimate of drug-likeness (QED) is 0.778. The monoisotopic (exact) mass is 255 g/mol. The van der Waals surface area contributed by atoms with E-state index in [4.69, 9.17) is 5.73 Å². The molecular weight excluding hydrogens is 226 g/mol. The third kappa shape index (κ3) is 5.36. The summed E-state index contributed by atoms with van der Waals surface area (Å²) < 4.78 is 0. The number of likely N-dealkylation sites (tertiary alicyclic amines) is 1. The Balaban J connectivity index is 2.19. The highest BCUT2D eigenvalue weighted by atomic mass is 16.2. The topological polar surface area (TPSA) is 49.6 Å². The van der Waals surface area contributed by atoms with Gasteiger partial charge in [0.05, 0.1) is 0 Å². The summed E-state index contributed by atoms with van der Waals surface area (Å²) in [6.07, 6.45) is 4.01. The average Bonchev–Trinajstić information content (AvgIpc) is 2.34. The zero-order chi connectivity index (χ0) is 13.6. The lowest BCUT2D eigenvalue weighted by atomic mass is 9.83. The smallest absolute Gasteiger partial charge is 0.223 e. The molecule has 0 aromatic carbocycles. The van der Waals surface area contributed by atoms with E-state index in [0.29, 0.717) is 18.4 Å². The van der Waals surface area contributed by atoms with Gasteiger partial charge in [0.25, 0.3) is 0 Å². The molecule has 0 aliphatic carbocycles. The van der Waals surface area contributed by atoms with Crippen LogP contribution < -0.4 is 5.73 Å². The second kappa shape index (κ2) is 7.10. The van der Waals surface area contributed by atoms with Crippen molar-refractivity contribution in [1.29, 1.82) is 0 Å². The zero-order valence-corrected chi connectivity index (χ0v) is 12.2. The van der Waals surface area contributed by atoms with E-state index in [9.17, 15) is 4.79 Å². The Hall–Kier alpha value is -0.610. The second-order valence-corrected chi connectivity index (χ2v) is 6.21. The van der Waals surface area contributed by atoms with Crippen molar-refractivity contribution < 1.29 is 4.79 Å². The molecule has 4 nitrogen and oxygen atoms in total. The fourth-order valence-electron chi connectivity index (χ4n) is 2.28. The molecular formula is C14H29N3O.